The molecule has 0 radical (unpaired) electrons. The second kappa shape index (κ2) is 6.31. The highest BCUT2D eigenvalue weighted by Gasteiger charge is 2.25. The largest absolute Gasteiger partial charge is 0.352 e. The first kappa shape index (κ1) is 14.2. The SMILES string of the molecule is O=[N+]([O-])c1ccccc1CC1CNCCN1C(=S)S. The van der Waals surface area contributed by atoms with Gasteiger partial charge in [-0.05, 0) is 0 Å². The van der Waals surface area contributed by atoms with Gasteiger partial charge in [0.15, 0.2) is 0 Å². The van der Waals surface area contributed by atoms with Gasteiger partial charge in [-0.2, -0.15) is 0 Å². The van der Waals surface area contributed by atoms with E-state index in [1.807, 2.05) is 11.0 Å². The molecule has 0 saturated carbocycles. The summed E-state index contributed by atoms with van der Waals surface area (Å²) in [6, 6.07) is 6.95. The molecule has 0 amide bonds. The number of para-hydroxylation sites is 1. The lowest BCUT2D eigenvalue weighted by Crippen LogP contribution is -2.53. The summed E-state index contributed by atoms with van der Waals surface area (Å²) in [6.45, 7) is 2.40. The molecular formula is C12H15N3O2S2. The molecule has 1 aromatic carbocycles. The average Bonchev–Trinajstić information content (AvgIpc) is 2.39. The fraction of sp³-hybridized carbons (Fsp3) is 0.417. The summed E-state index contributed by atoms with van der Waals surface area (Å²) in [5, 5.41) is 14.3. The van der Waals surface area contributed by atoms with Crippen molar-refractivity contribution in [2.24, 2.45) is 0 Å². The molecule has 5 nitrogen and oxygen atoms in total. The number of piperazine rings is 1. The minimum Gasteiger partial charge on any atom is -0.352 e. The number of benzene rings is 1. The van der Waals surface area contributed by atoms with Crippen molar-refractivity contribution in [2.75, 3.05) is 19.6 Å². The van der Waals surface area contributed by atoms with Crippen LogP contribution in [0, 0.1) is 10.1 Å². The molecule has 0 bridgehead atoms. The second-order valence-electron chi connectivity index (χ2n) is 4.42. The van der Waals surface area contributed by atoms with E-state index in [0.29, 0.717) is 10.7 Å². The zero-order valence-electron chi connectivity index (χ0n) is 10.3. The van der Waals surface area contributed by atoms with E-state index in [1.54, 1.807) is 12.1 Å². The van der Waals surface area contributed by atoms with Crippen molar-refractivity contribution < 1.29 is 4.92 Å². The van der Waals surface area contributed by atoms with Gasteiger partial charge in [0, 0.05) is 43.7 Å². The predicted molar refractivity (Wildman–Crippen MR) is 81.7 cm³/mol. The van der Waals surface area contributed by atoms with E-state index in [9.17, 15) is 10.1 Å². The van der Waals surface area contributed by atoms with Gasteiger partial charge in [0.1, 0.15) is 4.32 Å². The Morgan fingerprint density at radius 1 is 1.58 bits per heavy atom. The Labute approximate surface area is 122 Å². The Balaban J connectivity index is 2.19. The molecule has 1 aliphatic heterocycles. The van der Waals surface area contributed by atoms with E-state index in [1.165, 1.54) is 6.07 Å². The van der Waals surface area contributed by atoms with E-state index in [4.69, 9.17) is 12.2 Å². The fourth-order valence-corrected chi connectivity index (χ4v) is 2.81. The van der Waals surface area contributed by atoms with Gasteiger partial charge >= 0.3 is 0 Å². The van der Waals surface area contributed by atoms with Crippen LogP contribution in [-0.4, -0.2) is 39.8 Å². The van der Waals surface area contributed by atoms with Crippen LogP contribution < -0.4 is 5.32 Å². The van der Waals surface area contributed by atoms with Gasteiger partial charge in [-0.1, -0.05) is 30.4 Å². The molecular weight excluding hydrogens is 282 g/mol. The van der Waals surface area contributed by atoms with E-state index in [-0.39, 0.29) is 16.7 Å². The van der Waals surface area contributed by atoms with Crippen LogP contribution in [0.4, 0.5) is 5.69 Å². The number of rotatable bonds is 3. The summed E-state index contributed by atoms with van der Waals surface area (Å²) in [7, 11) is 0. The summed E-state index contributed by atoms with van der Waals surface area (Å²) in [5.41, 5.74) is 0.897. The van der Waals surface area contributed by atoms with Crippen molar-refractivity contribution >= 4 is 34.9 Å². The molecule has 1 N–H and O–H groups in total. The molecule has 19 heavy (non-hydrogen) atoms. The van der Waals surface area contributed by atoms with Crippen molar-refractivity contribution in [3.05, 3.63) is 39.9 Å². The molecule has 0 aliphatic carbocycles. The first-order chi connectivity index (χ1) is 9.09. The molecule has 0 aromatic heterocycles. The minimum absolute atomic E-state index is 0.111. The maximum atomic E-state index is 11.0. The van der Waals surface area contributed by atoms with Gasteiger partial charge < -0.3 is 10.2 Å². The second-order valence-corrected chi connectivity index (χ2v) is 5.54. The Bertz CT molecular complexity index is 496. The highest BCUT2D eigenvalue weighted by Crippen LogP contribution is 2.21. The predicted octanol–water partition coefficient (Wildman–Crippen LogP) is 1.63. The molecule has 1 aromatic rings. The van der Waals surface area contributed by atoms with Crippen LogP contribution in [0.25, 0.3) is 0 Å². The monoisotopic (exact) mass is 297 g/mol. The third kappa shape index (κ3) is 3.43. The molecule has 0 spiro atoms. The number of nitro groups is 1. The average molecular weight is 297 g/mol. The number of hydrogen-bond acceptors (Lipinski definition) is 4. The maximum Gasteiger partial charge on any atom is 0.272 e. The molecule has 1 heterocycles. The third-order valence-electron chi connectivity index (χ3n) is 3.24. The van der Waals surface area contributed by atoms with Crippen molar-refractivity contribution in [2.45, 2.75) is 12.5 Å². The molecule has 1 fully saturated rings. The zero-order valence-corrected chi connectivity index (χ0v) is 12.0. The van der Waals surface area contributed by atoms with Gasteiger partial charge in [-0.15, -0.1) is 12.6 Å². The van der Waals surface area contributed by atoms with E-state index >= 15 is 0 Å². The summed E-state index contributed by atoms with van der Waals surface area (Å²) >= 11 is 9.35. The number of thiocarbonyl (C=S) groups is 1. The number of nitrogens with one attached hydrogen (secondary N) is 1. The van der Waals surface area contributed by atoms with Crippen LogP contribution in [0.5, 0.6) is 0 Å². The maximum absolute atomic E-state index is 11.0. The zero-order chi connectivity index (χ0) is 13.8. The minimum atomic E-state index is -0.338. The normalized spacial score (nSPS) is 19.2. The number of nitrogens with zero attached hydrogens (tertiary/aromatic N) is 2. The number of hydrogen-bond donors (Lipinski definition) is 2. The van der Waals surface area contributed by atoms with E-state index in [2.05, 4.69) is 17.9 Å². The Hall–Kier alpha value is -1.18. The Kier molecular flexibility index (Phi) is 4.73. The summed E-state index contributed by atoms with van der Waals surface area (Å²) < 4.78 is 0.546. The van der Waals surface area contributed by atoms with Gasteiger partial charge in [0.05, 0.1) is 4.92 Å². The summed E-state index contributed by atoms with van der Waals surface area (Å²) in [6.07, 6.45) is 0.588. The lowest BCUT2D eigenvalue weighted by atomic mass is 10.0. The van der Waals surface area contributed by atoms with Gasteiger partial charge in [0.2, 0.25) is 0 Å². The molecule has 1 atom stereocenters. The first-order valence-corrected chi connectivity index (χ1v) is 6.87. The smallest absolute Gasteiger partial charge is 0.272 e. The van der Waals surface area contributed by atoms with Gasteiger partial charge in [-0.25, -0.2) is 0 Å². The Morgan fingerprint density at radius 2 is 2.32 bits per heavy atom. The van der Waals surface area contributed by atoms with Gasteiger partial charge in [-0.3, -0.25) is 10.1 Å². The summed E-state index contributed by atoms with van der Waals surface area (Å²) in [4.78, 5) is 12.7. The lowest BCUT2D eigenvalue weighted by molar-refractivity contribution is -0.385. The fourth-order valence-electron chi connectivity index (χ4n) is 2.31. The van der Waals surface area contributed by atoms with Crippen molar-refractivity contribution in [1.82, 2.24) is 10.2 Å². The Morgan fingerprint density at radius 3 is 3.00 bits per heavy atom. The highest BCUT2D eigenvalue weighted by atomic mass is 32.1. The molecule has 102 valence electrons. The molecule has 2 rings (SSSR count). The van der Waals surface area contributed by atoms with Crippen LogP contribution in [0.2, 0.25) is 0 Å². The van der Waals surface area contributed by atoms with Crippen LogP contribution >= 0.6 is 24.8 Å². The molecule has 7 heteroatoms. The quantitative estimate of drug-likeness (QED) is 0.384. The van der Waals surface area contributed by atoms with Crippen LogP contribution in [0.1, 0.15) is 5.56 Å². The molecule has 1 unspecified atom stereocenters. The highest BCUT2D eigenvalue weighted by molar-refractivity contribution is 8.10. The van der Waals surface area contributed by atoms with Crippen LogP contribution in [0.15, 0.2) is 24.3 Å². The van der Waals surface area contributed by atoms with Crippen molar-refractivity contribution in [3.63, 3.8) is 0 Å². The van der Waals surface area contributed by atoms with Crippen molar-refractivity contribution in [3.8, 4) is 0 Å². The number of thiol groups is 1. The third-order valence-corrected chi connectivity index (χ3v) is 3.73. The van der Waals surface area contributed by atoms with E-state index < -0.39 is 0 Å². The van der Waals surface area contributed by atoms with E-state index in [0.717, 1.165) is 25.2 Å². The topological polar surface area (TPSA) is 58.4 Å². The molecule has 1 aliphatic rings. The standard InChI is InChI=1S/C12H15N3O2S2/c16-15(17)11-4-2-1-3-9(11)7-10-8-13-5-6-14(10)12(18)19/h1-4,10,13H,5-8H2,(H,18,19). The summed E-state index contributed by atoms with van der Waals surface area (Å²) in [5.74, 6) is 0. The lowest BCUT2D eigenvalue weighted by Gasteiger charge is -2.36. The number of nitro benzene ring substituents is 1. The van der Waals surface area contributed by atoms with Gasteiger partial charge in [0.25, 0.3) is 5.69 Å². The van der Waals surface area contributed by atoms with Crippen LogP contribution in [-0.2, 0) is 6.42 Å². The molecule has 1 saturated heterocycles. The van der Waals surface area contributed by atoms with Crippen molar-refractivity contribution in [1.29, 1.82) is 0 Å². The van der Waals surface area contributed by atoms with Crippen LogP contribution in [0.3, 0.4) is 0 Å². The first-order valence-electron chi connectivity index (χ1n) is 6.02.